The number of aliphatic carboxylic acids is 2. The highest BCUT2D eigenvalue weighted by molar-refractivity contribution is 5.94. The van der Waals surface area contributed by atoms with Gasteiger partial charge in [-0.1, -0.05) is 13.8 Å². The van der Waals surface area contributed by atoms with Gasteiger partial charge >= 0.3 is 11.9 Å². The molecule has 9 N–H and O–H groups in total. The minimum atomic E-state index is -1.51. The summed E-state index contributed by atoms with van der Waals surface area (Å²) in [5.74, 6) is -4.79. The number of rotatable bonds is 15. The van der Waals surface area contributed by atoms with E-state index in [0.29, 0.717) is 25.8 Å². The van der Waals surface area contributed by atoms with Gasteiger partial charge in [-0.05, 0) is 38.1 Å². The van der Waals surface area contributed by atoms with Crippen LogP contribution in [0.3, 0.4) is 0 Å². The van der Waals surface area contributed by atoms with E-state index in [1.165, 1.54) is 0 Å². The number of carboxylic acids is 2. The van der Waals surface area contributed by atoms with Crippen LogP contribution in [0.15, 0.2) is 0 Å². The molecule has 0 spiro atoms. The van der Waals surface area contributed by atoms with E-state index in [1.54, 1.807) is 0 Å². The third kappa shape index (κ3) is 12.0. The monoisotopic (exact) mass is 431 g/mol. The minimum Gasteiger partial charge on any atom is -0.481 e. The van der Waals surface area contributed by atoms with Gasteiger partial charge in [0.1, 0.15) is 12.1 Å². The van der Waals surface area contributed by atoms with Crippen LogP contribution in [0.4, 0.5) is 0 Å². The van der Waals surface area contributed by atoms with Gasteiger partial charge in [0, 0.05) is 0 Å². The fourth-order valence-electron chi connectivity index (χ4n) is 2.57. The second-order valence-corrected chi connectivity index (χ2v) is 7.36. The number of carbonyl (C=O) groups is 5. The maximum atomic E-state index is 12.3. The lowest BCUT2D eigenvalue weighted by atomic mass is 10.0. The lowest BCUT2D eigenvalue weighted by Gasteiger charge is -2.21. The van der Waals surface area contributed by atoms with Crippen LogP contribution in [0.25, 0.3) is 0 Å². The van der Waals surface area contributed by atoms with Crippen molar-refractivity contribution in [1.82, 2.24) is 16.0 Å². The van der Waals surface area contributed by atoms with Crippen molar-refractivity contribution in [2.75, 3.05) is 13.1 Å². The Balaban J connectivity index is 4.87. The number of carbonyl (C=O) groups excluding carboxylic acids is 3. The molecule has 0 bridgehead atoms. The maximum absolute atomic E-state index is 12.3. The standard InChI is InChI=1S/C18H33N5O7/c1-10(2)7-11(20)16(27)21-9-14(24)22-13(8-15(25)26)17(28)23-12(18(29)30)5-3-4-6-19/h10-13H,3-9,19-20H2,1-2H3,(H,21,27)(H,22,24)(H,23,28)(H,25,26)(H,29,30). The number of hydrogen-bond donors (Lipinski definition) is 7. The van der Waals surface area contributed by atoms with Crippen molar-refractivity contribution >= 4 is 29.7 Å². The Morgan fingerprint density at radius 2 is 1.57 bits per heavy atom. The van der Waals surface area contributed by atoms with Gasteiger partial charge in [-0.2, -0.15) is 0 Å². The van der Waals surface area contributed by atoms with Crippen LogP contribution in [0, 0.1) is 5.92 Å². The van der Waals surface area contributed by atoms with Crippen molar-refractivity contribution in [2.45, 2.75) is 64.1 Å². The number of nitrogens with one attached hydrogen (secondary N) is 3. The highest BCUT2D eigenvalue weighted by Gasteiger charge is 2.28. The second kappa shape index (κ2) is 14.3. The summed E-state index contributed by atoms with van der Waals surface area (Å²) in [6, 6.07) is -3.56. The van der Waals surface area contributed by atoms with Gasteiger partial charge in [0.05, 0.1) is 19.0 Å². The van der Waals surface area contributed by atoms with Crippen LogP contribution < -0.4 is 27.4 Å². The fourth-order valence-corrected chi connectivity index (χ4v) is 2.57. The van der Waals surface area contributed by atoms with E-state index in [2.05, 4.69) is 16.0 Å². The Kier molecular flexibility index (Phi) is 13.0. The summed E-state index contributed by atoms with van der Waals surface area (Å²) >= 11 is 0. The normalized spacial score (nSPS) is 13.8. The van der Waals surface area contributed by atoms with Crippen molar-refractivity contribution in [3.63, 3.8) is 0 Å². The molecule has 0 aromatic rings. The highest BCUT2D eigenvalue weighted by atomic mass is 16.4. The first-order valence-electron chi connectivity index (χ1n) is 9.75. The van der Waals surface area contributed by atoms with E-state index < -0.39 is 60.8 Å². The van der Waals surface area contributed by atoms with Gasteiger partial charge < -0.3 is 37.6 Å². The van der Waals surface area contributed by atoms with Crippen LogP contribution in [0.2, 0.25) is 0 Å². The molecule has 0 radical (unpaired) electrons. The summed E-state index contributed by atoms with van der Waals surface area (Å²) in [6.07, 6.45) is 0.779. The summed E-state index contributed by atoms with van der Waals surface area (Å²) in [5.41, 5.74) is 11.1. The lowest BCUT2D eigenvalue weighted by molar-refractivity contribution is -0.143. The van der Waals surface area contributed by atoms with Crippen molar-refractivity contribution < 1.29 is 34.2 Å². The summed E-state index contributed by atoms with van der Waals surface area (Å²) in [4.78, 5) is 58.6. The third-order valence-corrected chi connectivity index (χ3v) is 4.08. The van der Waals surface area contributed by atoms with Crippen molar-refractivity contribution in [3.8, 4) is 0 Å². The molecule has 3 amide bonds. The molecule has 3 atom stereocenters. The molecule has 0 saturated carbocycles. The molecule has 0 aromatic carbocycles. The first-order chi connectivity index (χ1) is 14.0. The van der Waals surface area contributed by atoms with Crippen molar-refractivity contribution in [2.24, 2.45) is 17.4 Å². The van der Waals surface area contributed by atoms with Crippen LogP contribution in [-0.4, -0.2) is 71.1 Å². The quantitative estimate of drug-likeness (QED) is 0.144. The Morgan fingerprint density at radius 1 is 0.933 bits per heavy atom. The predicted molar refractivity (Wildman–Crippen MR) is 107 cm³/mol. The molecule has 0 heterocycles. The Bertz CT molecular complexity index is 612. The van der Waals surface area contributed by atoms with E-state index in [0.717, 1.165) is 0 Å². The average molecular weight is 431 g/mol. The molecular formula is C18H33N5O7. The first-order valence-corrected chi connectivity index (χ1v) is 9.75. The molecule has 12 nitrogen and oxygen atoms in total. The van der Waals surface area contributed by atoms with Gasteiger partial charge in [-0.15, -0.1) is 0 Å². The van der Waals surface area contributed by atoms with Gasteiger partial charge in [0.2, 0.25) is 17.7 Å². The van der Waals surface area contributed by atoms with Gasteiger partial charge in [0.25, 0.3) is 0 Å². The molecule has 12 heteroatoms. The van der Waals surface area contributed by atoms with E-state index in [-0.39, 0.29) is 12.3 Å². The van der Waals surface area contributed by atoms with E-state index in [1.807, 2.05) is 13.8 Å². The molecule has 0 aromatic heterocycles. The summed E-state index contributed by atoms with van der Waals surface area (Å²) in [6.45, 7) is 3.63. The molecule has 0 aliphatic heterocycles. The number of amides is 3. The molecule has 0 saturated heterocycles. The molecule has 0 aliphatic carbocycles. The predicted octanol–water partition coefficient (Wildman–Crippen LogP) is -1.87. The zero-order chi connectivity index (χ0) is 23.3. The molecular weight excluding hydrogens is 398 g/mol. The number of carboxylic acid groups (broad SMARTS) is 2. The molecule has 3 unspecified atom stereocenters. The smallest absolute Gasteiger partial charge is 0.326 e. The lowest BCUT2D eigenvalue weighted by Crippen LogP contribution is -2.54. The Morgan fingerprint density at radius 3 is 2.07 bits per heavy atom. The average Bonchev–Trinajstić information content (AvgIpc) is 2.63. The van der Waals surface area contributed by atoms with Gasteiger partial charge in [-0.25, -0.2) is 4.79 Å². The van der Waals surface area contributed by atoms with Gasteiger partial charge in [-0.3, -0.25) is 19.2 Å². The zero-order valence-corrected chi connectivity index (χ0v) is 17.3. The topological polar surface area (TPSA) is 214 Å². The van der Waals surface area contributed by atoms with Crippen LogP contribution >= 0.6 is 0 Å². The van der Waals surface area contributed by atoms with E-state index >= 15 is 0 Å². The fraction of sp³-hybridized carbons (Fsp3) is 0.722. The van der Waals surface area contributed by atoms with E-state index in [4.69, 9.17) is 16.6 Å². The third-order valence-electron chi connectivity index (χ3n) is 4.08. The highest BCUT2D eigenvalue weighted by Crippen LogP contribution is 2.04. The maximum Gasteiger partial charge on any atom is 0.326 e. The first kappa shape index (κ1) is 27.3. The Hall–Kier alpha value is -2.73. The number of unbranched alkanes of at least 4 members (excludes halogenated alkanes) is 1. The van der Waals surface area contributed by atoms with Crippen LogP contribution in [0.5, 0.6) is 0 Å². The molecule has 30 heavy (non-hydrogen) atoms. The SMILES string of the molecule is CC(C)CC(N)C(=O)NCC(=O)NC(CC(=O)O)C(=O)NC(CCCCN)C(=O)O. The van der Waals surface area contributed by atoms with Crippen LogP contribution in [-0.2, 0) is 24.0 Å². The van der Waals surface area contributed by atoms with Crippen molar-refractivity contribution in [1.29, 1.82) is 0 Å². The molecule has 172 valence electrons. The zero-order valence-electron chi connectivity index (χ0n) is 17.3. The largest absolute Gasteiger partial charge is 0.481 e. The summed E-state index contributed by atoms with van der Waals surface area (Å²) in [7, 11) is 0. The van der Waals surface area contributed by atoms with Crippen LogP contribution in [0.1, 0.15) is 46.0 Å². The summed E-state index contributed by atoms with van der Waals surface area (Å²) in [5, 5.41) is 24.9. The van der Waals surface area contributed by atoms with Gasteiger partial charge in [0.15, 0.2) is 0 Å². The molecule has 0 fully saturated rings. The molecule has 0 rings (SSSR count). The number of hydrogen-bond acceptors (Lipinski definition) is 7. The van der Waals surface area contributed by atoms with Crippen molar-refractivity contribution in [3.05, 3.63) is 0 Å². The number of nitrogens with two attached hydrogens (primary N) is 2. The van der Waals surface area contributed by atoms with E-state index in [9.17, 15) is 29.1 Å². The summed E-state index contributed by atoms with van der Waals surface area (Å²) < 4.78 is 0. The minimum absolute atomic E-state index is 0.107. The molecule has 0 aliphatic rings. The second-order valence-electron chi connectivity index (χ2n) is 7.36. The Labute approximate surface area is 175 Å².